The van der Waals surface area contributed by atoms with Crippen molar-refractivity contribution < 1.29 is 18.5 Å². The molecule has 0 aromatic rings. The van der Waals surface area contributed by atoms with E-state index in [-0.39, 0.29) is 19.1 Å². The molecule has 0 bridgehead atoms. The molecule has 0 saturated carbocycles. The van der Waals surface area contributed by atoms with Crippen LogP contribution in [0.5, 0.6) is 0 Å². The van der Waals surface area contributed by atoms with Gasteiger partial charge in [0.05, 0.1) is 13.1 Å². The smallest absolute Gasteiger partial charge is 0.327 e. The zero-order valence-corrected chi connectivity index (χ0v) is 9.00. The molecule has 6 heteroatoms. The van der Waals surface area contributed by atoms with Crippen LogP contribution in [-0.4, -0.2) is 52.2 Å². The van der Waals surface area contributed by atoms with Crippen LogP contribution < -0.4 is 0 Å². The molecule has 14 heavy (non-hydrogen) atoms. The number of esters is 2. The molecule has 1 heterocycles. The summed E-state index contributed by atoms with van der Waals surface area (Å²) in [5, 5.41) is 0. The van der Waals surface area contributed by atoms with Crippen molar-refractivity contribution in [3.8, 4) is 0 Å². The molecule has 5 nitrogen and oxygen atoms in total. The van der Waals surface area contributed by atoms with E-state index in [1.807, 2.05) is 6.92 Å². The van der Waals surface area contributed by atoms with Crippen molar-refractivity contribution in [1.82, 2.24) is 4.90 Å². The summed E-state index contributed by atoms with van der Waals surface area (Å²) in [6.45, 7) is 2.04. The summed E-state index contributed by atoms with van der Waals surface area (Å²) >= 11 is 0. The van der Waals surface area contributed by atoms with E-state index in [0.29, 0.717) is 5.75 Å². The summed E-state index contributed by atoms with van der Waals surface area (Å²) < 4.78 is 15.3. The standard InChI is InChI=1S/C8H13NO4S/c1-6(5-14(2)12)9-3-7(10)13-8(11)4-9/h6H,3-5H2,1-2H3. The summed E-state index contributed by atoms with van der Waals surface area (Å²) in [5.74, 6) is -0.606. The molecule has 1 saturated heterocycles. The Bertz CT molecular complexity index is 263. The first-order valence-electron chi connectivity index (χ1n) is 4.26. The predicted octanol–water partition coefficient (Wildman–Crippen LogP) is -0.861. The van der Waals surface area contributed by atoms with Crippen LogP contribution in [0.3, 0.4) is 0 Å². The summed E-state index contributed by atoms with van der Waals surface area (Å²) in [6.07, 6.45) is 1.60. The van der Waals surface area contributed by atoms with Crippen LogP contribution in [0.2, 0.25) is 0 Å². The molecule has 2 unspecified atom stereocenters. The number of hydrogen-bond acceptors (Lipinski definition) is 5. The van der Waals surface area contributed by atoms with Crippen LogP contribution in [0.4, 0.5) is 0 Å². The summed E-state index contributed by atoms with van der Waals surface area (Å²) in [6, 6.07) is -0.0439. The largest absolute Gasteiger partial charge is 0.391 e. The molecule has 0 amide bonds. The lowest BCUT2D eigenvalue weighted by Crippen LogP contribution is -2.48. The van der Waals surface area contributed by atoms with Crippen molar-refractivity contribution in [2.45, 2.75) is 13.0 Å². The van der Waals surface area contributed by atoms with Gasteiger partial charge in [0.2, 0.25) is 0 Å². The first-order chi connectivity index (χ1) is 6.49. The van der Waals surface area contributed by atoms with Crippen molar-refractivity contribution in [1.29, 1.82) is 0 Å². The number of morpholine rings is 1. The third-order valence-electron chi connectivity index (χ3n) is 1.99. The van der Waals surface area contributed by atoms with Crippen molar-refractivity contribution in [2.24, 2.45) is 0 Å². The third kappa shape index (κ3) is 3.19. The number of rotatable bonds is 3. The fourth-order valence-corrected chi connectivity index (χ4v) is 2.23. The zero-order valence-electron chi connectivity index (χ0n) is 8.19. The van der Waals surface area contributed by atoms with Gasteiger partial charge in [-0.3, -0.25) is 18.7 Å². The topological polar surface area (TPSA) is 63.7 Å². The third-order valence-corrected chi connectivity index (χ3v) is 2.94. The van der Waals surface area contributed by atoms with Crippen molar-refractivity contribution in [2.75, 3.05) is 25.1 Å². The number of cyclic esters (lactones) is 2. The molecule has 2 atom stereocenters. The van der Waals surface area contributed by atoms with Gasteiger partial charge >= 0.3 is 11.9 Å². The SMILES string of the molecule is CC(CS(C)=O)N1CC(=O)OC(=O)C1. The second-order valence-corrected chi connectivity index (χ2v) is 4.82. The fraction of sp³-hybridized carbons (Fsp3) is 0.750. The molecule has 0 spiro atoms. The number of hydrogen-bond donors (Lipinski definition) is 0. The number of ether oxygens (including phenoxy) is 1. The lowest BCUT2D eigenvalue weighted by atomic mass is 10.3. The average molecular weight is 219 g/mol. The summed E-state index contributed by atoms with van der Waals surface area (Å²) in [7, 11) is -0.925. The lowest BCUT2D eigenvalue weighted by Gasteiger charge is -2.29. The van der Waals surface area contributed by atoms with Crippen molar-refractivity contribution in [3.05, 3.63) is 0 Å². The van der Waals surface area contributed by atoms with Crippen LogP contribution in [-0.2, 0) is 25.1 Å². The molecule has 0 aromatic heterocycles. The highest BCUT2D eigenvalue weighted by atomic mass is 32.2. The Balaban J connectivity index is 2.54. The maximum atomic E-state index is 10.9. The summed E-state index contributed by atoms with van der Waals surface area (Å²) in [5.41, 5.74) is 0. The van der Waals surface area contributed by atoms with Crippen LogP contribution in [0.1, 0.15) is 6.92 Å². The first kappa shape index (κ1) is 11.3. The lowest BCUT2D eigenvalue weighted by molar-refractivity contribution is -0.167. The Hall–Kier alpha value is -0.750. The van der Waals surface area contributed by atoms with Crippen LogP contribution in [0, 0.1) is 0 Å². The van der Waals surface area contributed by atoms with E-state index in [1.165, 1.54) is 0 Å². The van der Waals surface area contributed by atoms with Crippen molar-refractivity contribution >= 4 is 22.7 Å². The predicted molar refractivity (Wildman–Crippen MR) is 51.1 cm³/mol. The molecule has 0 aliphatic carbocycles. The van der Waals surface area contributed by atoms with Gasteiger partial charge in [0.25, 0.3) is 0 Å². The maximum absolute atomic E-state index is 10.9. The summed E-state index contributed by atoms with van der Waals surface area (Å²) in [4.78, 5) is 23.5. The van der Waals surface area contributed by atoms with Gasteiger partial charge in [0.15, 0.2) is 0 Å². The molecule has 1 aliphatic heterocycles. The number of carbonyl (C=O) groups is 2. The van der Waals surface area contributed by atoms with Gasteiger partial charge in [-0.25, -0.2) is 0 Å². The minimum atomic E-state index is -0.925. The Morgan fingerprint density at radius 1 is 1.43 bits per heavy atom. The van der Waals surface area contributed by atoms with Gasteiger partial charge in [-0.15, -0.1) is 0 Å². The van der Waals surface area contributed by atoms with Gasteiger partial charge in [0.1, 0.15) is 0 Å². The van der Waals surface area contributed by atoms with E-state index in [0.717, 1.165) is 0 Å². The van der Waals surface area contributed by atoms with Gasteiger partial charge in [-0.2, -0.15) is 0 Å². The van der Waals surface area contributed by atoms with Crippen molar-refractivity contribution in [3.63, 3.8) is 0 Å². The number of carbonyl (C=O) groups excluding carboxylic acids is 2. The van der Waals surface area contributed by atoms with Gasteiger partial charge in [0, 0.05) is 28.9 Å². The zero-order chi connectivity index (χ0) is 10.7. The van der Waals surface area contributed by atoms with E-state index < -0.39 is 22.7 Å². The second-order valence-electron chi connectivity index (χ2n) is 3.34. The highest BCUT2D eigenvalue weighted by Crippen LogP contribution is 2.06. The number of nitrogens with zero attached hydrogens (tertiary/aromatic N) is 1. The van der Waals surface area contributed by atoms with Crippen LogP contribution in [0.25, 0.3) is 0 Å². The van der Waals surface area contributed by atoms with Gasteiger partial charge in [-0.1, -0.05) is 0 Å². The Morgan fingerprint density at radius 2 is 1.93 bits per heavy atom. The van der Waals surface area contributed by atoms with Crippen LogP contribution in [0.15, 0.2) is 0 Å². The monoisotopic (exact) mass is 219 g/mol. The Morgan fingerprint density at radius 3 is 2.36 bits per heavy atom. The average Bonchev–Trinajstić information content (AvgIpc) is 2.00. The normalized spacial score (nSPS) is 23.0. The van der Waals surface area contributed by atoms with Crippen LogP contribution >= 0.6 is 0 Å². The molecule has 1 aliphatic rings. The van der Waals surface area contributed by atoms with E-state index >= 15 is 0 Å². The Labute approximate surface area is 84.9 Å². The minimum Gasteiger partial charge on any atom is -0.391 e. The van der Waals surface area contributed by atoms with E-state index in [9.17, 15) is 13.8 Å². The quantitative estimate of drug-likeness (QED) is 0.456. The molecular weight excluding hydrogens is 206 g/mol. The fourth-order valence-electron chi connectivity index (χ4n) is 1.34. The minimum absolute atomic E-state index is 0.0439. The van der Waals surface area contributed by atoms with Gasteiger partial charge < -0.3 is 4.74 Å². The van der Waals surface area contributed by atoms with E-state index in [2.05, 4.69) is 4.74 Å². The molecule has 0 radical (unpaired) electrons. The van der Waals surface area contributed by atoms with E-state index in [1.54, 1.807) is 11.2 Å². The maximum Gasteiger partial charge on any atom is 0.327 e. The molecule has 80 valence electrons. The highest BCUT2D eigenvalue weighted by Gasteiger charge is 2.28. The molecule has 1 rings (SSSR count). The first-order valence-corrected chi connectivity index (χ1v) is 5.99. The second kappa shape index (κ2) is 4.65. The molecule has 0 aromatic carbocycles. The van der Waals surface area contributed by atoms with Gasteiger partial charge in [-0.05, 0) is 6.92 Å². The molecular formula is C8H13NO4S. The highest BCUT2D eigenvalue weighted by molar-refractivity contribution is 7.84. The Kier molecular flexibility index (Phi) is 3.77. The molecule has 0 N–H and O–H groups in total. The molecule has 1 fully saturated rings. The van der Waals surface area contributed by atoms with E-state index in [4.69, 9.17) is 0 Å².